The molecular formula is C17H25N3O3. The molecule has 0 bridgehead atoms. The van der Waals surface area contributed by atoms with Gasteiger partial charge in [-0.05, 0) is 37.2 Å². The average molecular weight is 319 g/mol. The van der Waals surface area contributed by atoms with E-state index in [-0.39, 0.29) is 5.91 Å². The fourth-order valence-electron chi connectivity index (χ4n) is 2.90. The molecule has 0 spiro atoms. The highest BCUT2D eigenvalue weighted by Crippen LogP contribution is 2.19. The first-order valence-corrected chi connectivity index (χ1v) is 8.11. The van der Waals surface area contributed by atoms with Gasteiger partial charge in [-0.3, -0.25) is 4.79 Å². The normalized spacial score (nSPS) is 16.8. The molecule has 0 unspecified atom stereocenters. The van der Waals surface area contributed by atoms with Crippen molar-refractivity contribution in [1.82, 2.24) is 10.2 Å². The van der Waals surface area contributed by atoms with Crippen molar-refractivity contribution in [2.75, 3.05) is 19.6 Å². The van der Waals surface area contributed by atoms with E-state index in [1.807, 2.05) is 30.3 Å². The van der Waals surface area contributed by atoms with Crippen molar-refractivity contribution in [1.29, 1.82) is 0 Å². The molecule has 1 aliphatic rings. The monoisotopic (exact) mass is 319 g/mol. The summed E-state index contributed by atoms with van der Waals surface area (Å²) < 4.78 is 0. The maximum Gasteiger partial charge on any atom is 0.407 e. The van der Waals surface area contributed by atoms with Gasteiger partial charge in [0.05, 0.1) is 6.04 Å². The van der Waals surface area contributed by atoms with Crippen LogP contribution in [0.2, 0.25) is 0 Å². The van der Waals surface area contributed by atoms with E-state index in [4.69, 9.17) is 10.8 Å². The molecular weight excluding hydrogens is 294 g/mol. The summed E-state index contributed by atoms with van der Waals surface area (Å²) in [6.07, 6.45) is 2.28. The van der Waals surface area contributed by atoms with Crippen molar-refractivity contribution < 1.29 is 14.7 Å². The highest BCUT2D eigenvalue weighted by molar-refractivity contribution is 5.81. The average Bonchev–Trinajstić information content (AvgIpc) is 2.56. The van der Waals surface area contributed by atoms with Gasteiger partial charge in [0.1, 0.15) is 0 Å². The van der Waals surface area contributed by atoms with E-state index in [1.54, 1.807) is 0 Å². The lowest BCUT2D eigenvalue weighted by molar-refractivity contribution is -0.122. The number of hydrogen-bond acceptors (Lipinski definition) is 3. The minimum absolute atomic E-state index is 0.128. The number of nitrogens with zero attached hydrogens (tertiary/aromatic N) is 1. The third-order valence-corrected chi connectivity index (χ3v) is 4.37. The molecule has 2 amide bonds. The number of benzene rings is 1. The van der Waals surface area contributed by atoms with E-state index in [9.17, 15) is 9.59 Å². The summed E-state index contributed by atoms with van der Waals surface area (Å²) in [4.78, 5) is 24.3. The summed E-state index contributed by atoms with van der Waals surface area (Å²) >= 11 is 0. The second kappa shape index (κ2) is 8.53. The molecule has 23 heavy (non-hydrogen) atoms. The second-order valence-corrected chi connectivity index (χ2v) is 6.09. The van der Waals surface area contributed by atoms with Crippen LogP contribution in [0.5, 0.6) is 0 Å². The van der Waals surface area contributed by atoms with Crippen LogP contribution >= 0.6 is 0 Å². The predicted molar refractivity (Wildman–Crippen MR) is 88.1 cm³/mol. The maximum atomic E-state index is 12.0. The van der Waals surface area contributed by atoms with Crippen molar-refractivity contribution in [3.8, 4) is 0 Å². The van der Waals surface area contributed by atoms with Crippen LogP contribution in [-0.2, 0) is 11.2 Å². The first kappa shape index (κ1) is 17.3. The van der Waals surface area contributed by atoms with E-state index in [0.29, 0.717) is 32.0 Å². The molecule has 1 saturated heterocycles. The molecule has 1 fully saturated rings. The zero-order chi connectivity index (χ0) is 16.7. The van der Waals surface area contributed by atoms with Gasteiger partial charge in [0.25, 0.3) is 0 Å². The lowest BCUT2D eigenvalue weighted by Gasteiger charge is -2.30. The number of likely N-dealkylation sites (tertiary alicyclic amines) is 1. The number of carbonyl (C=O) groups is 2. The number of carbonyl (C=O) groups excluding carboxylic acids is 1. The summed E-state index contributed by atoms with van der Waals surface area (Å²) in [5.41, 5.74) is 6.99. The third kappa shape index (κ3) is 5.56. The van der Waals surface area contributed by atoms with Gasteiger partial charge in [-0.25, -0.2) is 4.79 Å². The number of rotatable bonds is 6. The summed E-state index contributed by atoms with van der Waals surface area (Å²) in [6, 6.07) is 9.19. The van der Waals surface area contributed by atoms with Crippen molar-refractivity contribution in [2.45, 2.75) is 31.7 Å². The summed E-state index contributed by atoms with van der Waals surface area (Å²) in [7, 11) is 0. The molecule has 6 heteroatoms. The lowest BCUT2D eigenvalue weighted by Crippen LogP contribution is -2.43. The fourth-order valence-corrected chi connectivity index (χ4v) is 2.90. The van der Waals surface area contributed by atoms with Crippen LogP contribution < -0.4 is 11.1 Å². The summed E-state index contributed by atoms with van der Waals surface area (Å²) in [6.45, 7) is 1.77. The van der Waals surface area contributed by atoms with E-state index >= 15 is 0 Å². The fraction of sp³-hybridized carbons (Fsp3) is 0.529. The Balaban J connectivity index is 1.64. The molecule has 0 saturated carbocycles. The van der Waals surface area contributed by atoms with Crippen molar-refractivity contribution >= 4 is 12.0 Å². The Morgan fingerprint density at radius 1 is 1.26 bits per heavy atom. The van der Waals surface area contributed by atoms with Crippen LogP contribution in [0, 0.1) is 5.92 Å². The number of hydrogen-bond donors (Lipinski definition) is 3. The molecule has 1 atom stereocenters. The smallest absolute Gasteiger partial charge is 0.407 e. The molecule has 1 heterocycles. The Kier molecular flexibility index (Phi) is 6.40. The van der Waals surface area contributed by atoms with Crippen LogP contribution in [-0.4, -0.2) is 47.7 Å². The van der Waals surface area contributed by atoms with Gasteiger partial charge in [0.2, 0.25) is 5.91 Å². The van der Waals surface area contributed by atoms with E-state index in [1.165, 1.54) is 4.90 Å². The highest BCUT2D eigenvalue weighted by atomic mass is 16.4. The topological polar surface area (TPSA) is 95.7 Å². The van der Waals surface area contributed by atoms with Gasteiger partial charge in [-0.1, -0.05) is 30.3 Å². The minimum Gasteiger partial charge on any atom is -0.465 e. The Hall–Kier alpha value is -2.08. The van der Waals surface area contributed by atoms with Gasteiger partial charge in [-0.15, -0.1) is 0 Å². The zero-order valence-electron chi connectivity index (χ0n) is 13.3. The van der Waals surface area contributed by atoms with Gasteiger partial charge >= 0.3 is 6.09 Å². The molecule has 126 valence electrons. The van der Waals surface area contributed by atoms with Gasteiger partial charge in [0.15, 0.2) is 0 Å². The number of nitrogens with one attached hydrogen (secondary N) is 1. The van der Waals surface area contributed by atoms with Crippen LogP contribution in [0.15, 0.2) is 30.3 Å². The minimum atomic E-state index is -0.844. The van der Waals surface area contributed by atoms with Crippen LogP contribution in [0.4, 0.5) is 4.79 Å². The largest absolute Gasteiger partial charge is 0.465 e. The first-order valence-electron chi connectivity index (χ1n) is 8.11. The Bertz CT molecular complexity index is 513. The van der Waals surface area contributed by atoms with Crippen molar-refractivity contribution in [3.63, 3.8) is 0 Å². The summed E-state index contributed by atoms with van der Waals surface area (Å²) in [5, 5.41) is 11.8. The molecule has 1 aromatic carbocycles. The SMILES string of the molecule is N[C@H](Cc1ccccc1)C(=O)NCCC1CCN(C(=O)O)CC1. The standard InChI is InChI=1S/C17H25N3O3/c18-15(12-14-4-2-1-3-5-14)16(21)19-9-6-13-7-10-20(11-8-13)17(22)23/h1-5,13,15H,6-12,18H2,(H,19,21)(H,22,23)/t15-/m1/s1. The van der Waals surface area contributed by atoms with Gasteiger partial charge < -0.3 is 21.1 Å². The zero-order valence-corrected chi connectivity index (χ0v) is 13.3. The number of carboxylic acid groups (broad SMARTS) is 1. The Morgan fingerprint density at radius 3 is 2.52 bits per heavy atom. The molecule has 0 aromatic heterocycles. The van der Waals surface area contributed by atoms with Crippen molar-refractivity contribution in [2.24, 2.45) is 11.7 Å². The molecule has 4 N–H and O–H groups in total. The van der Waals surface area contributed by atoms with Crippen LogP contribution in [0.25, 0.3) is 0 Å². The Labute approximate surface area is 136 Å². The molecule has 0 radical (unpaired) electrons. The van der Waals surface area contributed by atoms with Gasteiger partial charge in [0, 0.05) is 19.6 Å². The first-order chi connectivity index (χ1) is 11.1. The molecule has 2 rings (SSSR count). The van der Waals surface area contributed by atoms with Crippen molar-refractivity contribution in [3.05, 3.63) is 35.9 Å². The molecule has 6 nitrogen and oxygen atoms in total. The highest BCUT2D eigenvalue weighted by Gasteiger charge is 2.22. The quantitative estimate of drug-likeness (QED) is 0.739. The molecule has 0 aliphatic carbocycles. The van der Waals surface area contributed by atoms with Gasteiger partial charge in [-0.2, -0.15) is 0 Å². The van der Waals surface area contributed by atoms with Crippen LogP contribution in [0.1, 0.15) is 24.8 Å². The number of nitrogens with two attached hydrogens (primary N) is 1. The second-order valence-electron chi connectivity index (χ2n) is 6.09. The molecule has 1 aromatic rings. The summed E-state index contributed by atoms with van der Waals surface area (Å²) in [5.74, 6) is 0.341. The number of piperidine rings is 1. The van der Waals surface area contributed by atoms with E-state index in [0.717, 1.165) is 24.8 Å². The van der Waals surface area contributed by atoms with Crippen LogP contribution in [0.3, 0.4) is 0 Å². The predicted octanol–water partition coefficient (Wildman–Crippen LogP) is 1.45. The number of amides is 2. The maximum absolute atomic E-state index is 12.0. The third-order valence-electron chi connectivity index (χ3n) is 4.37. The van der Waals surface area contributed by atoms with E-state index < -0.39 is 12.1 Å². The van der Waals surface area contributed by atoms with E-state index in [2.05, 4.69) is 5.32 Å². The Morgan fingerprint density at radius 2 is 1.91 bits per heavy atom. The molecule has 1 aliphatic heterocycles. The lowest BCUT2D eigenvalue weighted by atomic mass is 9.94.